The van der Waals surface area contributed by atoms with Crippen LogP contribution < -0.4 is 5.32 Å². The summed E-state index contributed by atoms with van der Waals surface area (Å²) in [6.07, 6.45) is 6.58. The molecule has 3 aliphatic heterocycles. The second-order valence-electron chi connectivity index (χ2n) is 8.98. The van der Waals surface area contributed by atoms with Crippen molar-refractivity contribution in [2.75, 3.05) is 37.7 Å². The zero-order chi connectivity index (χ0) is 21.7. The Balaban J connectivity index is 1.49. The van der Waals surface area contributed by atoms with E-state index in [1.54, 1.807) is 9.80 Å². The van der Waals surface area contributed by atoms with Gasteiger partial charge in [0.25, 0.3) is 0 Å². The zero-order valence-electron chi connectivity index (χ0n) is 18.0. The maximum atomic E-state index is 13.0. The highest BCUT2D eigenvalue weighted by molar-refractivity contribution is 7.91. The van der Waals surface area contributed by atoms with Gasteiger partial charge in [0.15, 0.2) is 9.84 Å². The standard InChI is InChI=1S/C21H35N3O5S/c1-2-3-4-5-9-22-20(26)16-7-6-10-23(13-16)21(27)17-12-19(25)24(14-17)18-8-11-30(28,29)15-18/h16-18H,2-15H2,1H3,(H,22,26)/t16-,17+,18+/m1/s1. The van der Waals surface area contributed by atoms with Gasteiger partial charge in [0, 0.05) is 38.6 Å². The molecule has 170 valence electrons. The first-order valence-electron chi connectivity index (χ1n) is 11.4. The van der Waals surface area contributed by atoms with Crippen LogP contribution in [-0.4, -0.2) is 79.7 Å². The van der Waals surface area contributed by atoms with Crippen molar-refractivity contribution in [3.63, 3.8) is 0 Å². The van der Waals surface area contributed by atoms with Crippen LogP contribution in [-0.2, 0) is 24.2 Å². The Morgan fingerprint density at radius 2 is 1.90 bits per heavy atom. The summed E-state index contributed by atoms with van der Waals surface area (Å²) in [5, 5.41) is 3.00. The summed E-state index contributed by atoms with van der Waals surface area (Å²) in [5.74, 6) is -0.699. The van der Waals surface area contributed by atoms with Crippen LogP contribution in [0.4, 0.5) is 0 Å². The van der Waals surface area contributed by atoms with E-state index in [1.165, 1.54) is 6.42 Å². The summed E-state index contributed by atoms with van der Waals surface area (Å²) in [7, 11) is -3.08. The molecule has 3 amide bonds. The monoisotopic (exact) mass is 441 g/mol. The van der Waals surface area contributed by atoms with Crippen LogP contribution in [0, 0.1) is 11.8 Å². The molecule has 3 atom stereocenters. The lowest BCUT2D eigenvalue weighted by Gasteiger charge is -2.33. The summed E-state index contributed by atoms with van der Waals surface area (Å²) < 4.78 is 23.5. The van der Waals surface area contributed by atoms with Gasteiger partial charge in [0.1, 0.15) is 0 Å². The highest BCUT2D eigenvalue weighted by Gasteiger charge is 2.43. The van der Waals surface area contributed by atoms with E-state index in [4.69, 9.17) is 0 Å². The van der Waals surface area contributed by atoms with E-state index in [9.17, 15) is 22.8 Å². The predicted molar refractivity (Wildman–Crippen MR) is 113 cm³/mol. The van der Waals surface area contributed by atoms with Gasteiger partial charge < -0.3 is 15.1 Å². The molecule has 30 heavy (non-hydrogen) atoms. The number of carbonyl (C=O) groups is 3. The second-order valence-corrected chi connectivity index (χ2v) is 11.2. The number of hydrogen-bond acceptors (Lipinski definition) is 5. The number of piperidine rings is 1. The lowest BCUT2D eigenvalue weighted by atomic mass is 9.95. The summed E-state index contributed by atoms with van der Waals surface area (Å²) in [6, 6.07) is -0.298. The number of hydrogen-bond donors (Lipinski definition) is 1. The minimum atomic E-state index is -3.08. The van der Waals surface area contributed by atoms with Crippen molar-refractivity contribution in [1.29, 1.82) is 0 Å². The molecule has 3 rings (SSSR count). The van der Waals surface area contributed by atoms with Crippen LogP contribution in [0.25, 0.3) is 0 Å². The third-order valence-electron chi connectivity index (χ3n) is 6.59. The first-order valence-corrected chi connectivity index (χ1v) is 13.2. The SMILES string of the molecule is CCCCCCNC(=O)[C@@H]1CCCN(C(=O)[C@H]2CC(=O)N([C@H]3CCS(=O)(=O)C3)C2)C1. The molecule has 0 spiro atoms. The van der Waals surface area contributed by atoms with Crippen molar-refractivity contribution in [2.45, 2.75) is 64.3 Å². The molecule has 0 bridgehead atoms. The Morgan fingerprint density at radius 1 is 1.10 bits per heavy atom. The average Bonchev–Trinajstić information content (AvgIpc) is 3.28. The molecule has 3 saturated heterocycles. The normalized spacial score (nSPS) is 28.7. The molecule has 0 aromatic carbocycles. The van der Waals surface area contributed by atoms with Crippen LogP contribution in [0.5, 0.6) is 0 Å². The Labute approximate surface area is 179 Å². The summed E-state index contributed by atoms with van der Waals surface area (Å²) >= 11 is 0. The molecule has 0 aromatic rings. The molecule has 0 unspecified atom stereocenters. The average molecular weight is 442 g/mol. The lowest BCUT2D eigenvalue weighted by Crippen LogP contribution is -2.48. The van der Waals surface area contributed by atoms with Crippen LogP contribution in [0.3, 0.4) is 0 Å². The van der Waals surface area contributed by atoms with Gasteiger partial charge in [0.05, 0.1) is 23.3 Å². The van der Waals surface area contributed by atoms with Crippen LogP contribution in [0.1, 0.15) is 58.3 Å². The van der Waals surface area contributed by atoms with Gasteiger partial charge in [-0.05, 0) is 25.7 Å². The van der Waals surface area contributed by atoms with E-state index in [1.807, 2.05) is 0 Å². The molecule has 8 nitrogen and oxygen atoms in total. The number of unbranched alkanes of at least 4 members (excludes halogenated alkanes) is 3. The van der Waals surface area contributed by atoms with Crippen molar-refractivity contribution in [3.05, 3.63) is 0 Å². The van der Waals surface area contributed by atoms with Crippen LogP contribution in [0.15, 0.2) is 0 Å². The molecule has 9 heteroatoms. The predicted octanol–water partition coefficient (Wildman–Crippen LogP) is 0.957. The lowest BCUT2D eigenvalue weighted by molar-refractivity contribution is -0.139. The molecule has 1 N–H and O–H groups in total. The fourth-order valence-electron chi connectivity index (χ4n) is 4.83. The molecule has 0 aromatic heterocycles. The topological polar surface area (TPSA) is 104 Å². The van der Waals surface area contributed by atoms with E-state index in [0.717, 1.165) is 32.1 Å². The highest BCUT2D eigenvalue weighted by Crippen LogP contribution is 2.28. The number of sulfone groups is 1. The van der Waals surface area contributed by atoms with Crippen LogP contribution >= 0.6 is 0 Å². The van der Waals surface area contributed by atoms with Crippen molar-refractivity contribution in [3.8, 4) is 0 Å². The van der Waals surface area contributed by atoms with Crippen molar-refractivity contribution in [1.82, 2.24) is 15.1 Å². The Bertz CT molecular complexity index is 754. The molecular weight excluding hydrogens is 406 g/mol. The molecular formula is C21H35N3O5S. The van der Waals surface area contributed by atoms with Gasteiger partial charge in [-0.2, -0.15) is 0 Å². The number of rotatable bonds is 8. The van der Waals surface area contributed by atoms with Crippen molar-refractivity contribution in [2.24, 2.45) is 11.8 Å². The van der Waals surface area contributed by atoms with E-state index >= 15 is 0 Å². The maximum Gasteiger partial charge on any atom is 0.228 e. The minimum absolute atomic E-state index is 0.00384. The van der Waals surface area contributed by atoms with E-state index < -0.39 is 15.8 Å². The first-order chi connectivity index (χ1) is 14.3. The number of likely N-dealkylation sites (tertiary alicyclic amines) is 2. The fourth-order valence-corrected chi connectivity index (χ4v) is 6.56. The third kappa shape index (κ3) is 5.74. The zero-order valence-corrected chi connectivity index (χ0v) is 18.8. The molecule has 3 aliphatic rings. The number of carbonyl (C=O) groups excluding carboxylic acids is 3. The van der Waals surface area contributed by atoms with Gasteiger partial charge in [-0.15, -0.1) is 0 Å². The van der Waals surface area contributed by atoms with Gasteiger partial charge in [-0.3, -0.25) is 14.4 Å². The summed E-state index contributed by atoms with van der Waals surface area (Å²) in [4.78, 5) is 41.3. The molecule has 0 saturated carbocycles. The number of amides is 3. The van der Waals surface area contributed by atoms with E-state index in [2.05, 4.69) is 12.2 Å². The number of nitrogens with zero attached hydrogens (tertiary/aromatic N) is 2. The van der Waals surface area contributed by atoms with Gasteiger partial charge in [0.2, 0.25) is 17.7 Å². The highest BCUT2D eigenvalue weighted by atomic mass is 32.2. The second kappa shape index (κ2) is 10.1. The largest absolute Gasteiger partial charge is 0.356 e. The maximum absolute atomic E-state index is 13.0. The summed E-state index contributed by atoms with van der Waals surface area (Å²) in [5.41, 5.74) is 0. The smallest absolute Gasteiger partial charge is 0.228 e. The van der Waals surface area contributed by atoms with Crippen molar-refractivity contribution >= 4 is 27.6 Å². The minimum Gasteiger partial charge on any atom is -0.356 e. The fraction of sp³-hybridized carbons (Fsp3) is 0.857. The molecule has 3 fully saturated rings. The Kier molecular flexibility index (Phi) is 7.76. The van der Waals surface area contributed by atoms with Gasteiger partial charge >= 0.3 is 0 Å². The van der Waals surface area contributed by atoms with E-state index in [-0.39, 0.29) is 47.6 Å². The Morgan fingerprint density at radius 3 is 2.60 bits per heavy atom. The van der Waals surface area contributed by atoms with Crippen LogP contribution in [0.2, 0.25) is 0 Å². The molecule has 3 heterocycles. The first kappa shape index (κ1) is 23.0. The third-order valence-corrected chi connectivity index (χ3v) is 8.34. The molecule has 0 radical (unpaired) electrons. The van der Waals surface area contributed by atoms with Gasteiger partial charge in [-0.25, -0.2) is 8.42 Å². The van der Waals surface area contributed by atoms with E-state index in [0.29, 0.717) is 32.6 Å². The van der Waals surface area contributed by atoms with Crippen molar-refractivity contribution < 1.29 is 22.8 Å². The van der Waals surface area contributed by atoms with Gasteiger partial charge in [-0.1, -0.05) is 26.2 Å². The molecule has 0 aliphatic carbocycles. The Hall–Kier alpha value is -1.64. The quantitative estimate of drug-likeness (QED) is 0.565. The number of nitrogens with one attached hydrogen (secondary N) is 1. The summed E-state index contributed by atoms with van der Waals surface area (Å²) in [6.45, 7) is 4.14.